The lowest BCUT2D eigenvalue weighted by Crippen LogP contribution is -2.17. The standard InChI is InChI=1S/C19H19BrCl2N4O2S/c1-3-18-24-25-19(29)26(18)23-9-12-6-16(27-2)17(8-14(12)20)28-10-11-4-5-13(21)7-15(11)22/h4-8,23H,3,9-10H2,1-2H3,(H,25,29). The highest BCUT2D eigenvalue weighted by atomic mass is 79.9. The van der Waals surface area contributed by atoms with Crippen LogP contribution in [-0.4, -0.2) is 22.0 Å². The van der Waals surface area contributed by atoms with Crippen LogP contribution in [0.3, 0.4) is 0 Å². The third kappa shape index (κ3) is 5.25. The van der Waals surface area contributed by atoms with E-state index >= 15 is 0 Å². The molecule has 0 aliphatic rings. The highest BCUT2D eigenvalue weighted by Gasteiger charge is 2.13. The van der Waals surface area contributed by atoms with Crippen molar-refractivity contribution >= 4 is 51.3 Å². The number of ether oxygens (including phenoxy) is 2. The molecule has 29 heavy (non-hydrogen) atoms. The molecule has 0 fully saturated rings. The van der Waals surface area contributed by atoms with Gasteiger partial charge in [-0.15, -0.1) is 0 Å². The largest absolute Gasteiger partial charge is 0.493 e. The summed E-state index contributed by atoms with van der Waals surface area (Å²) in [7, 11) is 1.60. The lowest BCUT2D eigenvalue weighted by atomic mass is 10.2. The number of hydrogen-bond acceptors (Lipinski definition) is 5. The van der Waals surface area contributed by atoms with Crippen LogP contribution in [0.4, 0.5) is 0 Å². The van der Waals surface area contributed by atoms with E-state index in [9.17, 15) is 0 Å². The molecule has 0 amide bonds. The summed E-state index contributed by atoms with van der Waals surface area (Å²) in [4.78, 5) is 0. The third-order valence-corrected chi connectivity index (χ3v) is 5.82. The number of H-pyrrole nitrogens is 1. The fraction of sp³-hybridized carbons (Fsp3) is 0.263. The van der Waals surface area contributed by atoms with Gasteiger partial charge in [0.25, 0.3) is 0 Å². The summed E-state index contributed by atoms with van der Waals surface area (Å²) >= 11 is 21.0. The van der Waals surface area contributed by atoms with E-state index < -0.39 is 0 Å². The van der Waals surface area contributed by atoms with Gasteiger partial charge in [-0.1, -0.05) is 52.1 Å². The van der Waals surface area contributed by atoms with Crippen LogP contribution >= 0.6 is 51.3 Å². The number of hydrogen-bond donors (Lipinski definition) is 2. The van der Waals surface area contributed by atoms with E-state index in [1.807, 2.05) is 25.1 Å². The fourth-order valence-electron chi connectivity index (χ4n) is 2.67. The molecule has 1 aromatic heterocycles. The Hall–Kier alpha value is -1.74. The van der Waals surface area contributed by atoms with Crippen LogP contribution in [0.5, 0.6) is 11.5 Å². The van der Waals surface area contributed by atoms with Gasteiger partial charge < -0.3 is 14.9 Å². The number of halogens is 3. The summed E-state index contributed by atoms with van der Waals surface area (Å²) in [5.74, 6) is 2.04. The summed E-state index contributed by atoms with van der Waals surface area (Å²) < 4.78 is 14.6. The molecule has 0 aliphatic carbocycles. The first-order chi connectivity index (χ1) is 13.9. The Kier molecular flexibility index (Phi) is 7.45. The van der Waals surface area contributed by atoms with Crippen molar-refractivity contribution in [2.24, 2.45) is 0 Å². The molecule has 1 heterocycles. The first-order valence-electron chi connectivity index (χ1n) is 8.76. The summed E-state index contributed by atoms with van der Waals surface area (Å²) in [6.07, 6.45) is 0.755. The molecule has 0 saturated heterocycles. The topological polar surface area (TPSA) is 64.1 Å². The number of aromatic nitrogens is 3. The van der Waals surface area contributed by atoms with Crippen LogP contribution in [0, 0.1) is 4.77 Å². The zero-order chi connectivity index (χ0) is 21.0. The lowest BCUT2D eigenvalue weighted by Gasteiger charge is -2.16. The zero-order valence-electron chi connectivity index (χ0n) is 15.8. The predicted octanol–water partition coefficient (Wildman–Crippen LogP) is 5.90. The van der Waals surface area contributed by atoms with Gasteiger partial charge >= 0.3 is 0 Å². The highest BCUT2D eigenvalue weighted by molar-refractivity contribution is 9.10. The molecule has 3 aromatic rings. The molecule has 0 aliphatic heterocycles. The van der Waals surface area contributed by atoms with Gasteiger partial charge in [0.05, 0.1) is 13.7 Å². The van der Waals surface area contributed by atoms with E-state index in [1.54, 1.807) is 23.9 Å². The smallest absolute Gasteiger partial charge is 0.214 e. The monoisotopic (exact) mass is 516 g/mol. The molecule has 0 unspecified atom stereocenters. The summed E-state index contributed by atoms with van der Waals surface area (Å²) in [6, 6.07) is 9.08. The Labute approximate surface area is 192 Å². The molecule has 154 valence electrons. The second-order valence-electron chi connectivity index (χ2n) is 6.09. The Morgan fingerprint density at radius 3 is 2.69 bits per heavy atom. The van der Waals surface area contributed by atoms with Crippen LogP contribution in [0.2, 0.25) is 10.0 Å². The Balaban J connectivity index is 1.76. The molecule has 0 saturated carbocycles. The molecule has 0 atom stereocenters. The van der Waals surface area contributed by atoms with Gasteiger partial charge in [0.15, 0.2) is 17.3 Å². The van der Waals surface area contributed by atoms with Gasteiger partial charge in [0.2, 0.25) is 4.77 Å². The number of methoxy groups -OCH3 is 1. The van der Waals surface area contributed by atoms with Gasteiger partial charge in [-0.3, -0.25) is 5.10 Å². The molecular formula is C19H19BrCl2N4O2S. The number of benzene rings is 2. The van der Waals surface area contributed by atoms with Gasteiger partial charge in [0, 0.05) is 26.5 Å². The minimum Gasteiger partial charge on any atom is -0.493 e. The van der Waals surface area contributed by atoms with Gasteiger partial charge in [-0.05, 0) is 42.0 Å². The van der Waals surface area contributed by atoms with Crippen molar-refractivity contribution in [1.29, 1.82) is 0 Å². The van der Waals surface area contributed by atoms with E-state index in [4.69, 9.17) is 44.9 Å². The maximum absolute atomic E-state index is 6.22. The molecule has 0 spiro atoms. The third-order valence-electron chi connectivity index (χ3n) is 4.22. The Morgan fingerprint density at radius 2 is 2.00 bits per heavy atom. The number of aryl methyl sites for hydroxylation is 1. The van der Waals surface area contributed by atoms with Gasteiger partial charge in [0.1, 0.15) is 6.61 Å². The van der Waals surface area contributed by atoms with Crippen LogP contribution in [0.15, 0.2) is 34.8 Å². The second-order valence-corrected chi connectivity index (χ2v) is 8.17. The van der Waals surface area contributed by atoms with Crippen molar-refractivity contribution in [3.63, 3.8) is 0 Å². The molecule has 2 N–H and O–H groups in total. The fourth-order valence-corrected chi connectivity index (χ4v) is 3.81. The van der Waals surface area contributed by atoms with Crippen molar-refractivity contribution in [2.45, 2.75) is 26.5 Å². The zero-order valence-corrected chi connectivity index (χ0v) is 19.7. The second kappa shape index (κ2) is 9.84. The van der Waals surface area contributed by atoms with Gasteiger partial charge in [-0.2, -0.15) is 5.10 Å². The van der Waals surface area contributed by atoms with E-state index in [1.165, 1.54) is 0 Å². The normalized spacial score (nSPS) is 10.8. The average Bonchev–Trinajstić information content (AvgIpc) is 3.06. The number of rotatable bonds is 8. The molecule has 0 bridgehead atoms. The lowest BCUT2D eigenvalue weighted by molar-refractivity contribution is 0.284. The van der Waals surface area contributed by atoms with E-state index in [0.29, 0.717) is 39.5 Å². The SMILES string of the molecule is CCc1n[nH]c(=S)n1NCc1cc(OC)c(OCc2ccc(Cl)cc2Cl)cc1Br. The van der Waals surface area contributed by atoms with Crippen molar-refractivity contribution in [3.05, 3.63) is 66.6 Å². The number of nitrogens with one attached hydrogen (secondary N) is 2. The number of nitrogens with zero attached hydrogens (tertiary/aromatic N) is 2. The van der Waals surface area contributed by atoms with Gasteiger partial charge in [-0.25, -0.2) is 4.68 Å². The molecule has 0 radical (unpaired) electrons. The molecule has 6 nitrogen and oxygen atoms in total. The number of aromatic amines is 1. The van der Waals surface area contributed by atoms with E-state index in [-0.39, 0.29) is 0 Å². The van der Waals surface area contributed by atoms with E-state index in [2.05, 4.69) is 31.6 Å². The predicted molar refractivity (Wildman–Crippen MR) is 121 cm³/mol. The first-order valence-corrected chi connectivity index (χ1v) is 10.7. The summed E-state index contributed by atoms with van der Waals surface area (Å²) in [5.41, 5.74) is 5.08. The molecule has 3 rings (SSSR count). The molecule has 10 heteroatoms. The van der Waals surface area contributed by atoms with Crippen molar-refractivity contribution in [1.82, 2.24) is 14.9 Å². The Bertz CT molecular complexity index is 1070. The Morgan fingerprint density at radius 1 is 1.21 bits per heavy atom. The maximum atomic E-state index is 6.22. The minimum atomic E-state index is 0.292. The van der Waals surface area contributed by atoms with Crippen molar-refractivity contribution < 1.29 is 9.47 Å². The van der Waals surface area contributed by atoms with Crippen molar-refractivity contribution in [2.75, 3.05) is 12.5 Å². The van der Waals surface area contributed by atoms with E-state index in [0.717, 1.165) is 27.8 Å². The van der Waals surface area contributed by atoms with Crippen LogP contribution in [0.25, 0.3) is 0 Å². The summed E-state index contributed by atoms with van der Waals surface area (Å²) in [5, 5.41) is 8.12. The minimum absolute atomic E-state index is 0.292. The molecular weight excluding hydrogens is 499 g/mol. The quantitative estimate of drug-likeness (QED) is 0.364. The highest BCUT2D eigenvalue weighted by Crippen LogP contribution is 2.34. The maximum Gasteiger partial charge on any atom is 0.214 e. The first kappa shape index (κ1) is 22.0. The summed E-state index contributed by atoms with van der Waals surface area (Å²) in [6.45, 7) is 2.82. The van der Waals surface area contributed by atoms with Crippen molar-refractivity contribution in [3.8, 4) is 11.5 Å². The van der Waals surface area contributed by atoms with Crippen LogP contribution in [-0.2, 0) is 19.6 Å². The van der Waals surface area contributed by atoms with Crippen LogP contribution < -0.4 is 14.9 Å². The molecule has 2 aromatic carbocycles. The average molecular weight is 518 g/mol. The van der Waals surface area contributed by atoms with Crippen LogP contribution in [0.1, 0.15) is 23.9 Å².